The highest BCUT2D eigenvalue weighted by Crippen LogP contribution is 2.18. The first-order valence-corrected chi connectivity index (χ1v) is 7.20. The average Bonchev–Trinajstić information content (AvgIpc) is 2.54. The topological polar surface area (TPSA) is 97.5 Å². The van der Waals surface area contributed by atoms with Crippen LogP contribution in [0.3, 0.4) is 0 Å². The lowest BCUT2D eigenvalue weighted by Gasteiger charge is -2.06. The number of hydrogen-bond acceptors (Lipinski definition) is 5. The molecule has 1 aromatic carbocycles. The Morgan fingerprint density at radius 3 is 2.74 bits per heavy atom. The van der Waals surface area contributed by atoms with Gasteiger partial charge in [-0.3, -0.25) is 9.59 Å². The summed E-state index contributed by atoms with van der Waals surface area (Å²) in [4.78, 5) is 37.4. The van der Waals surface area contributed by atoms with Crippen LogP contribution in [0.15, 0.2) is 29.1 Å². The minimum Gasteiger partial charge on any atom is -0.497 e. The Morgan fingerprint density at radius 2 is 2.04 bits per heavy atom. The standard InChI is InChI=1S/C16H18N2O5/c1-3-23-16(21)15(20)17-7-6-11-8-10-4-5-12(22-2)9-13(10)18-14(11)19/h4-5,8-9H,3,6-7H2,1-2H3,(H,17,20)(H,18,19). The number of benzene rings is 1. The normalized spacial score (nSPS) is 10.3. The van der Waals surface area contributed by atoms with E-state index in [0.717, 1.165) is 5.39 Å². The number of pyridine rings is 1. The fourth-order valence-electron chi connectivity index (χ4n) is 2.12. The molecule has 0 aliphatic heterocycles. The second kappa shape index (κ2) is 7.44. The van der Waals surface area contributed by atoms with E-state index in [1.165, 1.54) is 0 Å². The van der Waals surface area contributed by atoms with Gasteiger partial charge in [-0.1, -0.05) is 0 Å². The van der Waals surface area contributed by atoms with Crippen molar-refractivity contribution in [3.63, 3.8) is 0 Å². The summed E-state index contributed by atoms with van der Waals surface area (Å²) in [5.41, 5.74) is 0.955. The van der Waals surface area contributed by atoms with Crippen molar-refractivity contribution in [2.75, 3.05) is 20.3 Å². The number of nitrogens with one attached hydrogen (secondary N) is 2. The first-order valence-electron chi connectivity index (χ1n) is 7.20. The third-order valence-corrected chi connectivity index (χ3v) is 3.27. The molecule has 0 saturated carbocycles. The van der Waals surface area contributed by atoms with Gasteiger partial charge in [-0.25, -0.2) is 4.79 Å². The smallest absolute Gasteiger partial charge is 0.396 e. The molecule has 0 fully saturated rings. The van der Waals surface area contributed by atoms with Crippen LogP contribution >= 0.6 is 0 Å². The quantitative estimate of drug-likeness (QED) is 0.626. The molecule has 122 valence electrons. The van der Waals surface area contributed by atoms with E-state index in [0.29, 0.717) is 23.3 Å². The summed E-state index contributed by atoms with van der Waals surface area (Å²) in [6.07, 6.45) is 0.308. The number of aromatic amines is 1. The van der Waals surface area contributed by atoms with Crippen molar-refractivity contribution in [3.8, 4) is 5.75 Å². The van der Waals surface area contributed by atoms with Crippen LogP contribution in [0.2, 0.25) is 0 Å². The van der Waals surface area contributed by atoms with Gasteiger partial charge in [0.2, 0.25) is 0 Å². The number of H-pyrrole nitrogens is 1. The van der Waals surface area contributed by atoms with E-state index < -0.39 is 11.9 Å². The number of methoxy groups -OCH3 is 1. The van der Waals surface area contributed by atoms with Gasteiger partial charge in [0.1, 0.15) is 5.75 Å². The van der Waals surface area contributed by atoms with E-state index in [1.54, 1.807) is 32.2 Å². The van der Waals surface area contributed by atoms with Crippen molar-refractivity contribution in [3.05, 3.63) is 40.2 Å². The predicted octanol–water partition coefficient (Wildman–Crippen LogP) is 0.758. The molecule has 1 heterocycles. The predicted molar refractivity (Wildman–Crippen MR) is 84.5 cm³/mol. The molecule has 0 radical (unpaired) electrons. The number of aromatic nitrogens is 1. The summed E-state index contributed by atoms with van der Waals surface area (Å²) in [5.74, 6) is -1.08. The summed E-state index contributed by atoms with van der Waals surface area (Å²) in [6, 6.07) is 7.13. The second-order valence-electron chi connectivity index (χ2n) is 4.80. The molecule has 1 amide bonds. The van der Waals surface area contributed by atoms with E-state index in [9.17, 15) is 14.4 Å². The molecule has 0 saturated heterocycles. The minimum atomic E-state index is -0.924. The second-order valence-corrected chi connectivity index (χ2v) is 4.80. The molecular formula is C16H18N2O5. The Morgan fingerprint density at radius 1 is 1.26 bits per heavy atom. The van der Waals surface area contributed by atoms with Crippen molar-refractivity contribution in [1.82, 2.24) is 10.3 Å². The van der Waals surface area contributed by atoms with E-state index in [1.807, 2.05) is 6.07 Å². The maximum atomic E-state index is 12.0. The van der Waals surface area contributed by atoms with Gasteiger partial charge in [-0.15, -0.1) is 0 Å². The summed E-state index contributed by atoms with van der Waals surface area (Å²) < 4.78 is 9.69. The fourth-order valence-corrected chi connectivity index (χ4v) is 2.12. The summed E-state index contributed by atoms with van der Waals surface area (Å²) in [6.45, 7) is 1.93. The average molecular weight is 318 g/mol. The Labute approximate surface area is 132 Å². The zero-order valence-corrected chi connectivity index (χ0v) is 13.0. The third kappa shape index (κ3) is 4.09. The van der Waals surface area contributed by atoms with Crippen molar-refractivity contribution in [1.29, 1.82) is 0 Å². The SMILES string of the molecule is CCOC(=O)C(=O)NCCc1cc2ccc(OC)cc2[nH]c1=O. The number of rotatable bonds is 5. The number of fused-ring (bicyclic) bond motifs is 1. The summed E-state index contributed by atoms with van der Waals surface area (Å²) >= 11 is 0. The van der Waals surface area contributed by atoms with Crippen molar-refractivity contribution in [2.24, 2.45) is 0 Å². The lowest BCUT2D eigenvalue weighted by Crippen LogP contribution is -2.34. The largest absolute Gasteiger partial charge is 0.497 e. The van der Waals surface area contributed by atoms with Gasteiger partial charge >= 0.3 is 11.9 Å². The highest BCUT2D eigenvalue weighted by atomic mass is 16.5. The highest BCUT2D eigenvalue weighted by Gasteiger charge is 2.13. The minimum absolute atomic E-state index is 0.139. The Bertz CT molecular complexity index is 782. The maximum absolute atomic E-state index is 12.0. The van der Waals surface area contributed by atoms with Gasteiger partial charge in [0.15, 0.2) is 0 Å². The van der Waals surface area contributed by atoms with Gasteiger partial charge in [-0.2, -0.15) is 0 Å². The van der Waals surface area contributed by atoms with Gasteiger partial charge in [0.05, 0.1) is 19.2 Å². The molecule has 2 N–H and O–H groups in total. The lowest BCUT2D eigenvalue weighted by molar-refractivity contribution is -0.154. The monoisotopic (exact) mass is 318 g/mol. The Balaban J connectivity index is 2.06. The van der Waals surface area contributed by atoms with Crippen LogP contribution in [0.5, 0.6) is 5.75 Å². The molecule has 7 nitrogen and oxygen atoms in total. The van der Waals surface area contributed by atoms with Crippen LogP contribution in [-0.2, 0) is 20.7 Å². The Kier molecular flexibility index (Phi) is 5.35. The van der Waals surface area contributed by atoms with Crippen LogP contribution in [0, 0.1) is 0 Å². The van der Waals surface area contributed by atoms with Crippen LogP contribution in [0.25, 0.3) is 10.9 Å². The molecule has 0 bridgehead atoms. The first kappa shape index (κ1) is 16.5. The molecule has 2 aromatic rings. The van der Waals surface area contributed by atoms with Gasteiger partial charge in [0.25, 0.3) is 5.56 Å². The molecule has 1 aromatic heterocycles. The van der Waals surface area contributed by atoms with Crippen LogP contribution in [0.4, 0.5) is 0 Å². The number of esters is 1. The van der Waals surface area contributed by atoms with E-state index in [2.05, 4.69) is 15.0 Å². The number of amides is 1. The van der Waals surface area contributed by atoms with E-state index >= 15 is 0 Å². The van der Waals surface area contributed by atoms with E-state index in [-0.39, 0.29) is 18.7 Å². The van der Waals surface area contributed by atoms with Crippen LogP contribution in [-0.4, -0.2) is 37.1 Å². The lowest BCUT2D eigenvalue weighted by atomic mass is 10.1. The maximum Gasteiger partial charge on any atom is 0.396 e. The molecule has 23 heavy (non-hydrogen) atoms. The van der Waals surface area contributed by atoms with Crippen LogP contribution < -0.4 is 15.6 Å². The van der Waals surface area contributed by atoms with Crippen LogP contribution in [0.1, 0.15) is 12.5 Å². The Hall–Kier alpha value is -2.83. The van der Waals surface area contributed by atoms with E-state index in [4.69, 9.17) is 4.74 Å². The number of carbonyl (C=O) groups is 2. The number of ether oxygens (including phenoxy) is 2. The molecule has 2 rings (SSSR count). The molecule has 7 heteroatoms. The zero-order valence-electron chi connectivity index (χ0n) is 13.0. The molecular weight excluding hydrogens is 300 g/mol. The molecule has 0 aliphatic carbocycles. The number of hydrogen-bond donors (Lipinski definition) is 2. The fraction of sp³-hybridized carbons (Fsp3) is 0.312. The number of carbonyl (C=O) groups excluding carboxylic acids is 2. The van der Waals surface area contributed by atoms with Crippen molar-refractivity contribution >= 4 is 22.8 Å². The summed E-state index contributed by atoms with van der Waals surface area (Å²) in [5, 5.41) is 3.28. The van der Waals surface area contributed by atoms with Crippen molar-refractivity contribution in [2.45, 2.75) is 13.3 Å². The molecule has 0 spiro atoms. The zero-order chi connectivity index (χ0) is 16.8. The first-order chi connectivity index (χ1) is 11.0. The summed E-state index contributed by atoms with van der Waals surface area (Å²) in [7, 11) is 1.56. The van der Waals surface area contributed by atoms with Crippen molar-refractivity contribution < 1.29 is 19.1 Å². The molecule has 0 aliphatic rings. The van der Waals surface area contributed by atoms with Gasteiger partial charge in [-0.05, 0) is 36.9 Å². The highest BCUT2D eigenvalue weighted by molar-refractivity contribution is 6.32. The third-order valence-electron chi connectivity index (χ3n) is 3.27. The van der Waals surface area contributed by atoms with Gasteiger partial charge < -0.3 is 19.8 Å². The molecule has 0 unspecified atom stereocenters. The van der Waals surface area contributed by atoms with Gasteiger partial charge in [0, 0.05) is 18.2 Å². The molecule has 0 atom stereocenters.